The van der Waals surface area contributed by atoms with Gasteiger partial charge in [0.1, 0.15) is 0 Å². The lowest BCUT2D eigenvalue weighted by atomic mass is 9.86. The molecule has 1 aromatic heterocycles. The van der Waals surface area contributed by atoms with Gasteiger partial charge in [0.25, 0.3) is 0 Å². The van der Waals surface area contributed by atoms with Gasteiger partial charge < -0.3 is 4.90 Å². The summed E-state index contributed by atoms with van der Waals surface area (Å²) < 4.78 is 1.98. The molecule has 4 rings (SSSR count). The summed E-state index contributed by atoms with van der Waals surface area (Å²) in [5.41, 5.74) is 3.70. The highest BCUT2D eigenvalue weighted by molar-refractivity contribution is 5.76. The Morgan fingerprint density at radius 2 is 1.93 bits per heavy atom. The number of hydrogen-bond acceptors (Lipinski definition) is 4. The highest BCUT2D eigenvalue weighted by Crippen LogP contribution is 2.32. The van der Waals surface area contributed by atoms with Gasteiger partial charge in [0.05, 0.1) is 11.9 Å². The first-order valence-corrected chi connectivity index (χ1v) is 10.2. The Morgan fingerprint density at radius 1 is 1.11 bits per heavy atom. The second-order valence-corrected chi connectivity index (χ2v) is 8.50. The van der Waals surface area contributed by atoms with Crippen LogP contribution in [0.15, 0.2) is 36.7 Å². The lowest BCUT2D eigenvalue weighted by molar-refractivity contribution is -0.129. The van der Waals surface area contributed by atoms with Crippen LogP contribution in [0.5, 0.6) is 0 Å². The van der Waals surface area contributed by atoms with E-state index in [0.29, 0.717) is 6.42 Å². The number of amides is 1. The van der Waals surface area contributed by atoms with Crippen molar-refractivity contribution >= 4 is 5.91 Å². The van der Waals surface area contributed by atoms with Gasteiger partial charge in [0.2, 0.25) is 5.91 Å². The van der Waals surface area contributed by atoms with Gasteiger partial charge >= 0.3 is 0 Å². The van der Waals surface area contributed by atoms with Crippen LogP contribution >= 0.6 is 0 Å². The second-order valence-electron chi connectivity index (χ2n) is 8.50. The Kier molecular flexibility index (Phi) is 5.25. The van der Waals surface area contributed by atoms with Gasteiger partial charge in [0, 0.05) is 63.5 Å². The van der Waals surface area contributed by atoms with Crippen LogP contribution < -0.4 is 0 Å². The number of rotatable bonds is 3. The number of benzene rings is 1. The van der Waals surface area contributed by atoms with E-state index in [1.54, 1.807) is 0 Å². The van der Waals surface area contributed by atoms with Crippen LogP contribution in [0.4, 0.5) is 0 Å². The van der Waals surface area contributed by atoms with E-state index in [0.717, 1.165) is 51.3 Å². The molecule has 2 saturated heterocycles. The molecule has 3 heterocycles. The normalized spacial score (nSPS) is 24.7. The topological polar surface area (TPSA) is 44.6 Å². The second kappa shape index (κ2) is 7.68. The third-order valence-electron chi connectivity index (χ3n) is 6.63. The number of aromatic nitrogens is 2. The standard InChI is InChI=1S/C22H31N5O/c1-18-6-4-5-7-20(18)27-16-19(14-23-27)15-26-13-12-25(3)22(17-26)9-8-21(28)24(2)11-10-22/h4-7,14,16H,8-13,15,17H2,1-3H3. The molecule has 0 radical (unpaired) electrons. The minimum atomic E-state index is 0.102. The number of carbonyl (C=O) groups excluding carboxylic acids is 1. The maximum absolute atomic E-state index is 12.2. The minimum absolute atomic E-state index is 0.102. The first-order valence-electron chi connectivity index (χ1n) is 10.2. The Hall–Kier alpha value is -2.18. The third-order valence-corrected chi connectivity index (χ3v) is 6.63. The maximum atomic E-state index is 12.2. The molecule has 1 atom stereocenters. The minimum Gasteiger partial charge on any atom is -0.346 e. The predicted octanol–water partition coefficient (Wildman–Crippen LogP) is 2.31. The molecular formula is C22H31N5O. The molecule has 2 aliphatic rings. The lowest BCUT2D eigenvalue weighted by Crippen LogP contribution is -2.60. The van der Waals surface area contributed by atoms with Crippen LogP contribution in [0, 0.1) is 6.92 Å². The van der Waals surface area contributed by atoms with Crippen molar-refractivity contribution in [3.63, 3.8) is 0 Å². The average Bonchev–Trinajstić information content (AvgIpc) is 3.09. The summed E-state index contributed by atoms with van der Waals surface area (Å²) >= 11 is 0. The highest BCUT2D eigenvalue weighted by atomic mass is 16.2. The molecule has 1 unspecified atom stereocenters. The average molecular weight is 382 g/mol. The lowest BCUT2D eigenvalue weighted by Gasteiger charge is -2.49. The van der Waals surface area contributed by atoms with Gasteiger partial charge in [-0.1, -0.05) is 18.2 Å². The molecule has 0 aliphatic carbocycles. The van der Waals surface area contributed by atoms with Gasteiger partial charge in [0.15, 0.2) is 0 Å². The summed E-state index contributed by atoms with van der Waals surface area (Å²) in [5, 5.41) is 4.59. The summed E-state index contributed by atoms with van der Waals surface area (Å²) in [4.78, 5) is 19.1. The molecule has 1 aromatic carbocycles. The number of likely N-dealkylation sites (N-methyl/N-ethyl adjacent to an activating group) is 1. The molecule has 6 nitrogen and oxygen atoms in total. The largest absolute Gasteiger partial charge is 0.346 e. The van der Waals surface area contributed by atoms with Crippen LogP contribution in [-0.4, -0.2) is 76.2 Å². The number of likely N-dealkylation sites (tertiary alicyclic amines) is 1. The quantitative estimate of drug-likeness (QED) is 0.818. The first-order chi connectivity index (χ1) is 13.5. The predicted molar refractivity (Wildman–Crippen MR) is 110 cm³/mol. The van der Waals surface area contributed by atoms with Gasteiger partial charge in [-0.15, -0.1) is 0 Å². The molecule has 2 aliphatic heterocycles. The van der Waals surface area contributed by atoms with Crippen molar-refractivity contribution in [1.82, 2.24) is 24.5 Å². The van der Waals surface area contributed by atoms with Gasteiger partial charge in [-0.3, -0.25) is 14.6 Å². The number of aryl methyl sites for hydroxylation is 1. The Balaban J connectivity index is 1.47. The smallest absolute Gasteiger partial charge is 0.222 e. The van der Waals surface area contributed by atoms with E-state index in [4.69, 9.17) is 0 Å². The van der Waals surface area contributed by atoms with Crippen LogP contribution in [0.25, 0.3) is 5.69 Å². The molecule has 2 fully saturated rings. The van der Waals surface area contributed by atoms with Gasteiger partial charge in [-0.05, 0) is 38.4 Å². The number of nitrogens with zero attached hydrogens (tertiary/aromatic N) is 5. The molecule has 0 bridgehead atoms. The monoisotopic (exact) mass is 381 g/mol. The van der Waals surface area contributed by atoms with Crippen molar-refractivity contribution in [3.05, 3.63) is 47.8 Å². The fraction of sp³-hybridized carbons (Fsp3) is 0.545. The zero-order valence-corrected chi connectivity index (χ0v) is 17.3. The first kappa shape index (κ1) is 19.2. The molecule has 6 heteroatoms. The van der Waals surface area contributed by atoms with E-state index in [1.165, 1.54) is 11.1 Å². The maximum Gasteiger partial charge on any atom is 0.222 e. The van der Waals surface area contributed by atoms with E-state index in [9.17, 15) is 4.79 Å². The van der Waals surface area contributed by atoms with E-state index >= 15 is 0 Å². The van der Waals surface area contributed by atoms with Crippen molar-refractivity contribution in [3.8, 4) is 5.69 Å². The summed E-state index contributed by atoms with van der Waals surface area (Å²) in [6, 6.07) is 8.33. The number of piperazine rings is 1. The molecule has 1 spiro atoms. The third kappa shape index (κ3) is 3.71. The SMILES string of the molecule is Cc1ccccc1-n1cc(CN2CCN(C)C3(CCC(=O)N(C)CC3)C2)cn1. The summed E-state index contributed by atoms with van der Waals surface area (Å²) in [6.45, 7) is 6.99. The number of hydrogen-bond donors (Lipinski definition) is 0. The van der Waals surface area contributed by atoms with Crippen molar-refractivity contribution in [2.24, 2.45) is 0 Å². The summed E-state index contributed by atoms with van der Waals surface area (Å²) in [7, 11) is 4.16. The van der Waals surface area contributed by atoms with Crippen molar-refractivity contribution in [1.29, 1.82) is 0 Å². The Bertz CT molecular complexity index is 847. The molecule has 2 aromatic rings. The molecule has 0 saturated carbocycles. The highest BCUT2D eigenvalue weighted by Gasteiger charge is 2.41. The summed E-state index contributed by atoms with van der Waals surface area (Å²) in [6.07, 6.45) is 6.79. The van der Waals surface area contributed by atoms with Crippen LogP contribution in [-0.2, 0) is 11.3 Å². The summed E-state index contributed by atoms with van der Waals surface area (Å²) in [5.74, 6) is 0.280. The van der Waals surface area contributed by atoms with Crippen molar-refractivity contribution < 1.29 is 4.79 Å². The van der Waals surface area contributed by atoms with Gasteiger partial charge in [-0.25, -0.2) is 4.68 Å². The fourth-order valence-electron chi connectivity index (χ4n) is 4.63. The van der Waals surface area contributed by atoms with Gasteiger partial charge in [-0.2, -0.15) is 5.10 Å². The van der Waals surface area contributed by atoms with E-state index in [-0.39, 0.29) is 11.4 Å². The number of para-hydroxylation sites is 1. The number of carbonyl (C=O) groups is 1. The molecule has 1 amide bonds. The zero-order valence-electron chi connectivity index (χ0n) is 17.3. The molecule has 28 heavy (non-hydrogen) atoms. The zero-order chi connectivity index (χ0) is 19.7. The molecular weight excluding hydrogens is 350 g/mol. The van der Waals surface area contributed by atoms with E-state index in [2.05, 4.69) is 59.3 Å². The fourth-order valence-corrected chi connectivity index (χ4v) is 4.63. The van der Waals surface area contributed by atoms with Crippen molar-refractivity contribution in [2.75, 3.05) is 40.3 Å². The van der Waals surface area contributed by atoms with Crippen LogP contribution in [0.1, 0.15) is 30.4 Å². The molecule has 150 valence electrons. The van der Waals surface area contributed by atoms with E-state index in [1.807, 2.05) is 22.8 Å². The van der Waals surface area contributed by atoms with Crippen molar-refractivity contribution in [2.45, 2.75) is 38.3 Å². The Labute approximate surface area is 167 Å². The molecule has 0 N–H and O–H groups in total. The van der Waals surface area contributed by atoms with Crippen LogP contribution in [0.3, 0.4) is 0 Å². The van der Waals surface area contributed by atoms with E-state index < -0.39 is 0 Å². The Morgan fingerprint density at radius 3 is 2.75 bits per heavy atom. The van der Waals surface area contributed by atoms with Crippen LogP contribution in [0.2, 0.25) is 0 Å².